The van der Waals surface area contributed by atoms with E-state index in [1.807, 2.05) is 24.3 Å². The van der Waals surface area contributed by atoms with Gasteiger partial charge in [-0.25, -0.2) is 4.98 Å². The minimum atomic E-state index is -0.481. The van der Waals surface area contributed by atoms with Crippen molar-refractivity contribution in [1.29, 1.82) is 5.26 Å². The predicted molar refractivity (Wildman–Crippen MR) is 192 cm³/mol. The van der Waals surface area contributed by atoms with Gasteiger partial charge in [0.15, 0.2) is 0 Å². The topological polar surface area (TPSA) is 36.7 Å². The largest absolute Gasteiger partial charge is 0.247 e. The van der Waals surface area contributed by atoms with E-state index < -0.39 is 5.41 Å². The Bertz CT molecular complexity index is 2450. The fourth-order valence-electron chi connectivity index (χ4n) is 7.66. The molecule has 0 radical (unpaired) electrons. The van der Waals surface area contributed by atoms with E-state index in [1.165, 1.54) is 38.8 Å². The maximum absolute atomic E-state index is 9.24. The van der Waals surface area contributed by atoms with Crippen LogP contribution in [-0.4, -0.2) is 4.98 Å². The van der Waals surface area contributed by atoms with Crippen LogP contribution in [-0.2, 0) is 5.41 Å². The van der Waals surface area contributed by atoms with Crippen molar-refractivity contribution in [3.05, 3.63) is 198 Å². The highest BCUT2D eigenvalue weighted by Crippen LogP contribution is 2.57. The smallest absolute Gasteiger partial charge is 0.0991 e. The Morgan fingerprint density at radius 2 is 1.02 bits per heavy atom. The molecule has 0 atom stereocenters. The minimum absolute atomic E-state index is 0.481. The van der Waals surface area contributed by atoms with E-state index in [-0.39, 0.29) is 0 Å². The lowest BCUT2D eigenvalue weighted by atomic mass is 9.67. The predicted octanol–water partition coefficient (Wildman–Crippen LogP) is 11.0. The maximum Gasteiger partial charge on any atom is 0.0991 e. The summed E-state index contributed by atoms with van der Waals surface area (Å²) in [6, 6.07) is 62.7. The van der Waals surface area contributed by atoms with Gasteiger partial charge in [-0.3, -0.25) is 0 Å². The van der Waals surface area contributed by atoms with Crippen LogP contribution >= 0.6 is 0 Å². The fraction of sp³-hybridized carbons (Fsp3) is 0.0222. The minimum Gasteiger partial charge on any atom is -0.247 e. The molecule has 47 heavy (non-hydrogen) atoms. The van der Waals surface area contributed by atoms with E-state index in [0.29, 0.717) is 5.56 Å². The molecule has 1 heterocycles. The molecule has 0 N–H and O–H groups in total. The number of aromatic nitrogens is 1. The Kier molecular flexibility index (Phi) is 6.13. The Balaban J connectivity index is 1.34. The van der Waals surface area contributed by atoms with E-state index in [9.17, 15) is 5.26 Å². The molecule has 0 unspecified atom stereocenters. The van der Waals surface area contributed by atoms with E-state index in [1.54, 1.807) is 0 Å². The highest BCUT2D eigenvalue weighted by Gasteiger charge is 2.46. The van der Waals surface area contributed by atoms with Crippen LogP contribution in [0.2, 0.25) is 0 Å². The Hall–Kier alpha value is -6.30. The van der Waals surface area contributed by atoms with Crippen molar-refractivity contribution < 1.29 is 0 Å². The van der Waals surface area contributed by atoms with Gasteiger partial charge >= 0.3 is 0 Å². The average Bonchev–Trinajstić information content (AvgIpc) is 3.44. The number of hydrogen-bond donors (Lipinski definition) is 0. The SMILES string of the molecule is N#Cc1ccc(-c2ccc(-c3nc4ccccc4c4cc5c(cc34)C(c3ccccc3)(c3ccccc3)c3ccccc3-5)cc2)cc1. The van der Waals surface area contributed by atoms with Gasteiger partial charge in [-0.1, -0.05) is 140 Å². The van der Waals surface area contributed by atoms with E-state index in [2.05, 4.69) is 152 Å². The highest BCUT2D eigenvalue weighted by molar-refractivity contribution is 6.13. The van der Waals surface area contributed by atoms with Gasteiger partial charge in [0.2, 0.25) is 0 Å². The van der Waals surface area contributed by atoms with Crippen LogP contribution in [0, 0.1) is 11.3 Å². The molecule has 1 aromatic heterocycles. The first-order chi connectivity index (χ1) is 23.3. The molecule has 7 aromatic carbocycles. The van der Waals surface area contributed by atoms with Crippen LogP contribution in [0.25, 0.3) is 55.2 Å². The van der Waals surface area contributed by atoms with Crippen molar-refractivity contribution in [2.24, 2.45) is 0 Å². The number of hydrogen-bond acceptors (Lipinski definition) is 2. The van der Waals surface area contributed by atoms with Crippen LogP contribution in [0.15, 0.2) is 170 Å². The molecule has 218 valence electrons. The molecule has 2 heteroatoms. The molecule has 0 aliphatic heterocycles. The van der Waals surface area contributed by atoms with Crippen LogP contribution < -0.4 is 0 Å². The van der Waals surface area contributed by atoms with Crippen molar-refractivity contribution in [2.75, 3.05) is 0 Å². The molecule has 0 saturated carbocycles. The zero-order valence-corrected chi connectivity index (χ0v) is 25.6. The summed E-state index contributed by atoms with van der Waals surface area (Å²) in [5, 5.41) is 12.7. The summed E-state index contributed by atoms with van der Waals surface area (Å²) in [6.07, 6.45) is 0. The average molecular weight is 597 g/mol. The van der Waals surface area contributed by atoms with Crippen molar-refractivity contribution in [3.63, 3.8) is 0 Å². The standard InChI is InChI=1S/C45H28N2/c46-29-30-19-21-31(22-20-30)32-23-25-33(26-24-32)44-40-28-42-39(27-38(40)37-16-8-10-18-43(37)47-44)36-15-7-9-17-41(36)45(42,34-11-3-1-4-12-34)35-13-5-2-6-14-35/h1-28H. The number of benzene rings is 7. The number of nitrogens with zero attached hydrogens (tertiary/aromatic N) is 2. The lowest BCUT2D eigenvalue weighted by Crippen LogP contribution is -2.28. The normalized spacial score (nSPS) is 12.8. The third-order valence-electron chi connectivity index (χ3n) is 9.78. The zero-order valence-electron chi connectivity index (χ0n) is 25.6. The number of para-hydroxylation sites is 1. The summed E-state index contributed by atoms with van der Waals surface area (Å²) < 4.78 is 0. The van der Waals surface area contributed by atoms with E-state index in [4.69, 9.17) is 4.98 Å². The molecule has 0 bridgehead atoms. The van der Waals surface area contributed by atoms with Crippen LogP contribution in [0.3, 0.4) is 0 Å². The van der Waals surface area contributed by atoms with Crippen molar-refractivity contribution >= 4 is 21.7 Å². The molecule has 0 amide bonds. The number of nitriles is 1. The lowest BCUT2D eigenvalue weighted by molar-refractivity contribution is 0.769. The Morgan fingerprint density at radius 3 is 1.70 bits per heavy atom. The lowest BCUT2D eigenvalue weighted by Gasteiger charge is -2.34. The van der Waals surface area contributed by atoms with Gasteiger partial charge in [-0.05, 0) is 80.2 Å². The molecule has 2 nitrogen and oxygen atoms in total. The molecule has 0 saturated heterocycles. The highest BCUT2D eigenvalue weighted by atomic mass is 14.7. The number of pyridine rings is 1. The second-order valence-electron chi connectivity index (χ2n) is 12.2. The molecule has 0 fully saturated rings. The van der Waals surface area contributed by atoms with Gasteiger partial charge in [0, 0.05) is 16.3 Å². The number of rotatable bonds is 4. The molecule has 0 spiro atoms. The van der Waals surface area contributed by atoms with Gasteiger partial charge in [-0.15, -0.1) is 0 Å². The van der Waals surface area contributed by atoms with Crippen molar-refractivity contribution in [1.82, 2.24) is 4.98 Å². The summed E-state index contributed by atoms with van der Waals surface area (Å²) in [6.45, 7) is 0. The number of fused-ring (bicyclic) bond motifs is 6. The monoisotopic (exact) mass is 596 g/mol. The third kappa shape index (κ3) is 4.07. The van der Waals surface area contributed by atoms with Gasteiger partial charge in [-0.2, -0.15) is 5.26 Å². The molecular formula is C45H28N2. The summed E-state index contributed by atoms with van der Waals surface area (Å²) in [5.41, 5.74) is 13.0. The summed E-state index contributed by atoms with van der Waals surface area (Å²) in [5.74, 6) is 0. The van der Waals surface area contributed by atoms with Crippen LogP contribution in [0.5, 0.6) is 0 Å². The summed E-state index contributed by atoms with van der Waals surface area (Å²) in [4.78, 5) is 5.33. The van der Waals surface area contributed by atoms with Gasteiger partial charge in [0.1, 0.15) is 0 Å². The van der Waals surface area contributed by atoms with Crippen LogP contribution in [0.4, 0.5) is 0 Å². The molecule has 8 aromatic rings. The van der Waals surface area contributed by atoms with E-state index >= 15 is 0 Å². The molecule has 1 aliphatic rings. The fourth-order valence-corrected chi connectivity index (χ4v) is 7.66. The molecule has 9 rings (SSSR count). The van der Waals surface area contributed by atoms with Gasteiger partial charge in [0.25, 0.3) is 0 Å². The van der Waals surface area contributed by atoms with Crippen LogP contribution in [0.1, 0.15) is 27.8 Å². The van der Waals surface area contributed by atoms with Crippen molar-refractivity contribution in [2.45, 2.75) is 5.41 Å². The van der Waals surface area contributed by atoms with E-state index in [0.717, 1.165) is 38.7 Å². The quantitative estimate of drug-likeness (QED) is 0.190. The summed E-state index contributed by atoms with van der Waals surface area (Å²) >= 11 is 0. The third-order valence-corrected chi connectivity index (χ3v) is 9.78. The first-order valence-electron chi connectivity index (χ1n) is 15.9. The first kappa shape index (κ1) is 27.0. The second kappa shape index (κ2) is 10.7. The Labute approximate surface area is 273 Å². The van der Waals surface area contributed by atoms with Crippen molar-refractivity contribution in [3.8, 4) is 39.6 Å². The maximum atomic E-state index is 9.24. The molecular weight excluding hydrogens is 569 g/mol. The zero-order chi connectivity index (χ0) is 31.4. The van der Waals surface area contributed by atoms with Gasteiger partial charge < -0.3 is 0 Å². The Morgan fingerprint density at radius 1 is 0.447 bits per heavy atom. The summed E-state index contributed by atoms with van der Waals surface area (Å²) in [7, 11) is 0. The first-order valence-corrected chi connectivity index (χ1v) is 15.9. The molecule has 1 aliphatic carbocycles. The van der Waals surface area contributed by atoms with Gasteiger partial charge in [0.05, 0.1) is 28.3 Å². The second-order valence-corrected chi connectivity index (χ2v) is 12.2.